The Bertz CT molecular complexity index is 818. The summed E-state index contributed by atoms with van der Waals surface area (Å²) in [5.41, 5.74) is 3.06. The molecule has 0 aliphatic heterocycles. The topological polar surface area (TPSA) is 63.3 Å². The molecule has 1 aromatic heterocycles. The van der Waals surface area contributed by atoms with Crippen LogP contribution in [-0.4, -0.2) is 16.1 Å². The number of carboxylic acid groups (broad SMARTS) is 1. The van der Waals surface area contributed by atoms with Crippen molar-refractivity contribution in [2.75, 3.05) is 0 Å². The van der Waals surface area contributed by atoms with Gasteiger partial charge in [-0.15, -0.1) is 0 Å². The molecule has 106 valence electrons. The van der Waals surface area contributed by atoms with E-state index in [1.54, 1.807) is 12.1 Å². The Balaban J connectivity index is 2.23. The van der Waals surface area contributed by atoms with E-state index in [9.17, 15) is 9.90 Å². The van der Waals surface area contributed by atoms with Crippen LogP contribution in [0.4, 0.5) is 0 Å². The highest BCUT2D eigenvalue weighted by molar-refractivity contribution is 6.00. The van der Waals surface area contributed by atoms with Gasteiger partial charge in [0.15, 0.2) is 5.58 Å². The van der Waals surface area contributed by atoms with Gasteiger partial charge in [0.05, 0.1) is 5.56 Å². The Labute approximate surface area is 122 Å². The van der Waals surface area contributed by atoms with Crippen molar-refractivity contribution in [3.63, 3.8) is 0 Å². The number of hydrogen-bond acceptors (Lipinski definition) is 3. The van der Waals surface area contributed by atoms with Gasteiger partial charge in [-0.05, 0) is 29.7 Å². The molecule has 3 rings (SSSR count). The van der Waals surface area contributed by atoms with Crippen molar-refractivity contribution in [2.24, 2.45) is 0 Å². The van der Waals surface area contributed by atoms with Gasteiger partial charge in [-0.2, -0.15) is 0 Å². The molecule has 2 aromatic carbocycles. The predicted molar refractivity (Wildman–Crippen MR) is 80.5 cm³/mol. The first kappa shape index (κ1) is 13.4. The first-order valence-corrected chi connectivity index (χ1v) is 6.80. The van der Waals surface area contributed by atoms with E-state index in [1.807, 2.05) is 24.3 Å². The van der Waals surface area contributed by atoms with E-state index < -0.39 is 5.97 Å². The Kier molecular flexibility index (Phi) is 3.22. The molecule has 0 fully saturated rings. The smallest absolute Gasteiger partial charge is 0.338 e. The van der Waals surface area contributed by atoms with Gasteiger partial charge in [-0.3, -0.25) is 0 Å². The minimum atomic E-state index is -1.00. The number of carboxylic acids is 1. The second kappa shape index (κ2) is 5.05. The number of fused-ring (bicyclic) bond motifs is 1. The van der Waals surface area contributed by atoms with Crippen LogP contribution in [0.25, 0.3) is 22.6 Å². The van der Waals surface area contributed by atoms with E-state index >= 15 is 0 Å². The first-order chi connectivity index (χ1) is 10.1. The van der Waals surface area contributed by atoms with Gasteiger partial charge in [0.1, 0.15) is 5.52 Å². The van der Waals surface area contributed by atoms with Gasteiger partial charge in [-0.25, -0.2) is 9.78 Å². The van der Waals surface area contributed by atoms with E-state index in [1.165, 1.54) is 6.07 Å². The number of aromatic nitrogens is 1. The molecule has 0 spiro atoms. The third-order valence-corrected chi connectivity index (χ3v) is 3.46. The van der Waals surface area contributed by atoms with Gasteiger partial charge >= 0.3 is 5.97 Å². The summed E-state index contributed by atoms with van der Waals surface area (Å²) in [7, 11) is 0. The van der Waals surface area contributed by atoms with Crippen molar-refractivity contribution < 1.29 is 14.3 Å². The molecule has 21 heavy (non-hydrogen) atoms. The Morgan fingerprint density at radius 1 is 1.14 bits per heavy atom. The molecule has 0 aliphatic rings. The molecule has 0 unspecified atom stereocenters. The number of aromatic carboxylic acids is 1. The number of hydrogen-bond donors (Lipinski definition) is 1. The summed E-state index contributed by atoms with van der Waals surface area (Å²) in [6, 6.07) is 12.8. The summed E-state index contributed by atoms with van der Waals surface area (Å²) in [5.74, 6) is -0.212. The molecule has 0 amide bonds. The largest absolute Gasteiger partial charge is 0.478 e. The highest BCUT2D eigenvalue weighted by Gasteiger charge is 2.17. The van der Waals surface area contributed by atoms with Gasteiger partial charge in [0, 0.05) is 5.56 Å². The lowest BCUT2D eigenvalue weighted by molar-refractivity contribution is 0.0699. The standard InChI is InChI=1S/C17H15NO3/c1-10(2)11-6-3-4-7-12(11)16-18-15-13(17(19)20)8-5-9-14(15)21-16/h3-10H,1-2H3,(H,19,20). The van der Waals surface area contributed by atoms with Gasteiger partial charge in [0.25, 0.3) is 0 Å². The van der Waals surface area contributed by atoms with Crippen LogP contribution < -0.4 is 0 Å². The molecule has 3 aromatic rings. The molecule has 4 heteroatoms. The second-order valence-corrected chi connectivity index (χ2v) is 5.22. The molecule has 0 saturated heterocycles. The summed E-state index contributed by atoms with van der Waals surface area (Å²) in [5, 5.41) is 9.22. The number of para-hydroxylation sites is 1. The van der Waals surface area contributed by atoms with Gasteiger partial charge in [0.2, 0.25) is 5.89 Å². The average Bonchev–Trinajstić information content (AvgIpc) is 2.90. The minimum Gasteiger partial charge on any atom is -0.478 e. The number of benzene rings is 2. The fraction of sp³-hybridized carbons (Fsp3) is 0.176. The van der Waals surface area contributed by atoms with Crippen LogP contribution in [-0.2, 0) is 0 Å². The number of rotatable bonds is 3. The Morgan fingerprint density at radius 2 is 1.90 bits per heavy atom. The maximum atomic E-state index is 11.3. The fourth-order valence-electron chi connectivity index (χ4n) is 2.43. The summed E-state index contributed by atoms with van der Waals surface area (Å²) in [4.78, 5) is 15.7. The molecule has 0 radical (unpaired) electrons. The van der Waals surface area contributed by atoms with E-state index in [-0.39, 0.29) is 5.56 Å². The zero-order valence-corrected chi connectivity index (χ0v) is 11.8. The second-order valence-electron chi connectivity index (χ2n) is 5.22. The van der Waals surface area contributed by atoms with Crippen LogP contribution in [0.5, 0.6) is 0 Å². The quantitative estimate of drug-likeness (QED) is 0.776. The van der Waals surface area contributed by atoms with Crippen molar-refractivity contribution in [3.05, 3.63) is 53.6 Å². The van der Waals surface area contributed by atoms with Crippen LogP contribution in [0, 0.1) is 0 Å². The number of oxazole rings is 1. The van der Waals surface area contributed by atoms with E-state index in [2.05, 4.69) is 18.8 Å². The van der Waals surface area contributed by atoms with E-state index in [4.69, 9.17) is 4.42 Å². The van der Waals surface area contributed by atoms with Crippen LogP contribution in [0.15, 0.2) is 46.9 Å². The average molecular weight is 281 g/mol. The van der Waals surface area contributed by atoms with E-state index in [0.29, 0.717) is 22.9 Å². The monoisotopic (exact) mass is 281 g/mol. The van der Waals surface area contributed by atoms with Crippen LogP contribution >= 0.6 is 0 Å². The third kappa shape index (κ3) is 2.29. The highest BCUT2D eigenvalue weighted by Crippen LogP contribution is 2.31. The number of carbonyl (C=O) groups is 1. The third-order valence-electron chi connectivity index (χ3n) is 3.46. The van der Waals surface area contributed by atoms with Crippen molar-refractivity contribution in [1.29, 1.82) is 0 Å². The van der Waals surface area contributed by atoms with Crippen molar-refractivity contribution >= 4 is 17.1 Å². The van der Waals surface area contributed by atoms with Gasteiger partial charge < -0.3 is 9.52 Å². The van der Waals surface area contributed by atoms with Crippen molar-refractivity contribution in [1.82, 2.24) is 4.98 Å². The summed E-state index contributed by atoms with van der Waals surface area (Å²) in [6.45, 7) is 4.20. The number of nitrogens with zero attached hydrogens (tertiary/aromatic N) is 1. The first-order valence-electron chi connectivity index (χ1n) is 6.80. The summed E-state index contributed by atoms with van der Waals surface area (Å²) >= 11 is 0. The molecule has 1 heterocycles. The molecule has 0 aliphatic carbocycles. The molecular weight excluding hydrogens is 266 g/mol. The maximum Gasteiger partial charge on any atom is 0.338 e. The lowest BCUT2D eigenvalue weighted by atomic mass is 9.97. The zero-order chi connectivity index (χ0) is 15.0. The normalized spacial score (nSPS) is 11.2. The lowest BCUT2D eigenvalue weighted by Crippen LogP contribution is -1.97. The lowest BCUT2D eigenvalue weighted by Gasteiger charge is -2.09. The zero-order valence-electron chi connectivity index (χ0n) is 11.8. The minimum absolute atomic E-state index is 0.157. The molecule has 0 atom stereocenters. The van der Waals surface area contributed by atoms with E-state index in [0.717, 1.165) is 11.1 Å². The molecule has 0 saturated carbocycles. The molecule has 0 bridgehead atoms. The fourth-order valence-corrected chi connectivity index (χ4v) is 2.43. The maximum absolute atomic E-state index is 11.3. The Morgan fingerprint density at radius 3 is 2.62 bits per heavy atom. The summed E-state index contributed by atoms with van der Waals surface area (Å²) in [6.07, 6.45) is 0. The Hall–Kier alpha value is -2.62. The molecular formula is C17H15NO3. The SMILES string of the molecule is CC(C)c1ccccc1-c1nc2c(C(=O)O)cccc2o1. The summed E-state index contributed by atoms with van der Waals surface area (Å²) < 4.78 is 5.76. The van der Waals surface area contributed by atoms with Crippen molar-refractivity contribution in [2.45, 2.75) is 19.8 Å². The highest BCUT2D eigenvalue weighted by atomic mass is 16.4. The van der Waals surface area contributed by atoms with Gasteiger partial charge in [-0.1, -0.05) is 38.1 Å². The van der Waals surface area contributed by atoms with Crippen LogP contribution in [0.3, 0.4) is 0 Å². The molecule has 1 N–H and O–H groups in total. The van der Waals surface area contributed by atoms with Crippen LogP contribution in [0.1, 0.15) is 35.7 Å². The molecule has 4 nitrogen and oxygen atoms in total. The van der Waals surface area contributed by atoms with Crippen molar-refractivity contribution in [3.8, 4) is 11.5 Å². The van der Waals surface area contributed by atoms with Crippen LogP contribution in [0.2, 0.25) is 0 Å². The predicted octanol–water partition coefficient (Wildman–Crippen LogP) is 4.32.